The second kappa shape index (κ2) is 9.26. The molecule has 1 aliphatic heterocycles. The highest BCUT2D eigenvalue weighted by Gasteiger charge is 2.13. The van der Waals surface area contributed by atoms with Crippen LogP contribution >= 0.6 is 12.4 Å². The Bertz CT molecular complexity index is 874. The fourth-order valence-electron chi connectivity index (χ4n) is 2.83. The lowest BCUT2D eigenvalue weighted by Crippen LogP contribution is -2.13. The van der Waals surface area contributed by atoms with Crippen LogP contribution in [0.4, 0.5) is 0 Å². The van der Waals surface area contributed by atoms with Crippen molar-refractivity contribution >= 4 is 12.4 Å². The van der Waals surface area contributed by atoms with Crippen LogP contribution < -0.4 is 19.5 Å². The predicted octanol–water partition coefficient (Wildman–Crippen LogP) is 4.10. The molecule has 1 aliphatic rings. The molecular weight excluding hydrogens is 364 g/mol. The van der Waals surface area contributed by atoms with Gasteiger partial charge in [0, 0.05) is 36.6 Å². The first-order chi connectivity index (χ1) is 12.9. The summed E-state index contributed by atoms with van der Waals surface area (Å²) in [5, 5.41) is 3.46. The molecule has 0 spiro atoms. The highest BCUT2D eigenvalue weighted by molar-refractivity contribution is 5.85. The van der Waals surface area contributed by atoms with Gasteiger partial charge < -0.3 is 19.5 Å². The van der Waals surface area contributed by atoms with E-state index in [0.29, 0.717) is 13.4 Å². The number of halogens is 1. The Morgan fingerprint density at radius 2 is 1.81 bits per heavy atom. The average Bonchev–Trinajstić information content (AvgIpc) is 3.16. The summed E-state index contributed by atoms with van der Waals surface area (Å²) in [6.07, 6.45) is 3.58. The topological polar surface area (TPSA) is 52.6 Å². The van der Waals surface area contributed by atoms with Crippen molar-refractivity contribution < 1.29 is 14.2 Å². The molecule has 1 N–H and O–H groups in total. The van der Waals surface area contributed by atoms with Gasteiger partial charge in [0.1, 0.15) is 12.4 Å². The zero-order valence-electron chi connectivity index (χ0n) is 14.8. The monoisotopic (exact) mass is 384 g/mol. The molecule has 0 saturated carbocycles. The highest BCUT2D eigenvalue weighted by Crippen LogP contribution is 2.32. The Balaban J connectivity index is 0.00000210. The van der Waals surface area contributed by atoms with E-state index in [9.17, 15) is 0 Å². The molecule has 0 amide bonds. The Hall–Kier alpha value is -2.76. The molecular formula is C21H21ClN2O3. The summed E-state index contributed by atoms with van der Waals surface area (Å²) in [5.41, 5.74) is 3.33. The summed E-state index contributed by atoms with van der Waals surface area (Å²) in [4.78, 5) is 4.12. The van der Waals surface area contributed by atoms with Gasteiger partial charge in [-0.25, -0.2) is 0 Å². The van der Waals surface area contributed by atoms with Gasteiger partial charge in [-0.1, -0.05) is 30.3 Å². The number of pyridine rings is 1. The van der Waals surface area contributed by atoms with Crippen LogP contribution in [0, 0.1) is 0 Å². The third kappa shape index (κ3) is 4.90. The molecule has 0 aliphatic carbocycles. The Morgan fingerprint density at radius 3 is 2.70 bits per heavy atom. The maximum absolute atomic E-state index is 5.97. The molecule has 2 heterocycles. The first kappa shape index (κ1) is 19.0. The SMILES string of the molecule is Cl.c1cncc(COc2ccccc2CNCc2ccc3c(c2)OCO3)c1. The van der Waals surface area contributed by atoms with Gasteiger partial charge >= 0.3 is 0 Å². The molecule has 0 atom stereocenters. The van der Waals surface area contributed by atoms with E-state index in [0.717, 1.165) is 47.0 Å². The standard InChI is InChI=1S/C21H20N2O3.ClH/c1-2-6-19(24-14-17-4-3-9-22-12-17)18(5-1)13-23-11-16-7-8-20-21(10-16)26-15-25-20;/h1-10,12,23H,11,13-15H2;1H. The molecule has 2 aromatic carbocycles. The van der Waals surface area contributed by atoms with E-state index in [2.05, 4.69) is 16.4 Å². The number of hydrogen-bond acceptors (Lipinski definition) is 5. The first-order valence-corrected chi connectivity index (χ1v) is 8.57. The quantitative estimate of drug-likeness (QED) is 0.664. The fourth-order valence-corrected chi connectivity index (χ4v) is 2.83. The van der Waals surface area contributed by atoms with E-state index in [1.54, 1.807) is 6.20 Å². The number of aromatic nitrogens is 1. The summed E-state index contributed by atoms with van der Waals surface area (Å²) >= 11 is 0. The van der Waals surface area contributed by atoms with Crippen LogP contribution in [0.2, 0.25) is 0 Å². The van der Waals surface area contributed by atoms with Gasteiger partial charge in [-0.3, -0.25) is 4.98 Å². The summed E-state index contributed by atoms with van der Waals surface area (Å²) in [5.74, 6) is 2.50. The van der Waals surface area contributed by atoms with Gasteiger partial charge in [0.05, 0.1) is 0 Å². The van der Waals surface area contributed by atoms with E-state index in [4.69, 9.17) is 14.2 Å². The summed E-state index contributed by atoms with van der Waals surface area (Å²) in [6.45, 7) is 2.27. The number of nitrogens with zero attached hydrogens (tertiary/aromatic N) is 1. The molecule has 0 fully saturated rings. The van der Waals surface area contributed by atoms with Crippen molar-refractivity contribution in [3.63, 3.8) is 0 Å². The lowest BCUT2D eigenvalue weighted by molar-refractivity contribution is 0.174. The van der Waals surface area contributed by atoms with Crippen molar-refractivity contribution in [3.8, 4) is 17.2 Å². The minimum Gasteiger partial charge on any atom is -0.489 e. The molecule has 140 valence electrons. The molecule has 3 aromatic rings. The smallest absolute Gasteiger partial charge is 0.231 e. The molecule has 0 unspecified atom stereocenters. The largest absolute Gasteiger partial charge is 0.489 e. The molecule has 0 bridgehead atoms. The number of rotatable bonds is 7. The molecule has 1 aromatic heterocycles. The molecule has 5 nitrogen and oxygen atoms in total. The van der Waals surface area contributed by atoms with Crippen LogP contribution in [0.5, 0.6) is 17.2 Å². The second-order valence-electron chi connectivity index (χ2n) is 6.05. The van der Waals surface area contributed by atoms with E-state index < -0.39 is 0 Å². The van der Waals surface area contributed by atoms with E-state index in [-0.39, 0.29) is 12.4 Å². The van der Waals surface area contributed by atoms with Crippen molar-refractivity contribution in [1.82, 2.24) is 10.3 Å². The minimum absolute atomic E-state index is 0. The number of benzene rings is 2. The van der Waals surface area contributed by atoms with E-state index >= 15 is 0 Å². The van der Waals surface area contributed by atoms with Crippen LogP contribution in [-0.4, -0.2) is 11.8 Å². The van der Waals surface area contributed by atoms with Crippen LogP contribution in [0.15, 0.2) is 67.0 Å². The number of nitrogens with one attached hydrogen (secondary N) is 1. The van der Waals surface area contributed by atoms with Gasteiger partial charge in [-0.05, 0) is 29.8 Å². The Morgan fingerprint density at radius 1 is 0.926 bits per heavy atom. The summed E-state index contributed by atoms with van der Waals surface area (Å²) in [6, 6.07) is 18.0. The maximum atomic E-state index is 5.97. The fraction of sp³-hybridized carbons (Fsp3) is 0.190. The number of ether oxygens (including phenoxy) is 3. The van der Waals surface area contributed by atoms with Crippen LogP contribution in [0.3, 0.4) is 0 Å². The van der Waals surface area contributed by atoms with E-state index in [1.165, 1.54) is 0 Å². The van der Waals surface area contributed by atoms with Gasteiger partial charge in [0.25, 0.3) is 0 Å². The molecule has 6 heteroatoms. The molecule has 4 rings (SSSR count). The normalized spacial score (nSPS) is 11.7. The third-order valence-electron chi connectivity index (χ3n) is 4.17. The predicted molar refractivity (Wildman–Crippen MR) is 105 cm³/mol. The number of fused-ring (bicyclic) bond motifs is 1. The lowest BCUT2D eigenvalue weighted by Gasteiger charge is -2.12. The molecule has 0 radical (unpaired) electrons. The van der Waals surface area contributed by atoms with Crippen molar-refractivity contribution in [2.24, 2.45) is 0 Å². The van der Waals surface area contributed by atoms with Gasteiger partial charge in [-0.15, -0.1) is 12.4 Å². The summed E-state index contributed by atoms with van der Waals surface area (Å²) in [7, 11) is 0. The second-order valence-corrected chi connectivity index (χ2v) is 6.05. The van der Waals surface area contributed by atoms with Gasteiger partial charge in [0.15, 0.2) is 11.5 Å². The zero-order chi connectivity index (χ0) is 17.6. The van der Waals surface area contributed by atoms with Crippen LogP contribution in [0.25, 0.3) is 0 Å². The van der Waals surface area contributed by atoms with Crippen molar-refractivity contribution in [3.05, 3.63) is 83.7 Å². The van der Waals surface area contributed by atoms with E-state index in [1.807, 2.05) is 54.7 Å². The summed E-state index contributed by atoms with van der Waals surface area (Å²) < 4.78 is 16.7. The third-order valence-corrected chi connectivity index (χ3v) is 4.17. The van der Waals surface area contributed by atoms with Crippen molar-refractivity contribution in [2.75, 3.05) is 6.79 Å². The minimum atomic E-state index is 0. The highest BCUT2D eigenvalue weighted by atomic mass is 35.5. The first-order valence-electron chi connectivity index (χ1n) is 8.57. The number of para-hydroxylation sites is 1. The van der Waals surface area contributed by atoms with Crippen LogP contribution in [0.1, 0.15) is 16.7 Å². The lowest BCUT2D eigenvalue weighted by atomic mass is 10.1. The zero-order valence-corrected chi connectivity index (χ0v) is 15.6. The van der Waals surface area contributed by atoms with Crippen molar-refractivity contribution in [2.45, 2.75) is 19.7 Å². The average molecular weight is 385 g/mol. The Kier molecular flexibility index (Phi) is 6.52. The maximum Gasteiger partial charge on any atom is 0.231 e. The van der Waals surface area contributed by atoms with Gasteiger partial charge in [-0.2, -0.15) is 0 Å². The molecule has 27 heavy (non-hydrogen) atoms. The van der Waals surface area contributed by atoms with Crippen molar-refractivity contribution in [1.29, 1.82) is 0 Å². The Labute approximate surface area is 164 Å². The van der Waals surface area contributed by atoms with Crippen LogP contribution in [-0.2, 0) is 19.7 Å². The molecule has 0 saturated heterocycles. The number of hydrogen-bond donors (Lipinski definition) is 1. The van der Waals surface area contributed by atoms with Gasteiger partial charge in [0.2, 0.25) is 6.79 Å².